The number of methoxy groups -OCH3 is 3. The van der Waals surface area contributed by atoms with Crippen LogP contribution in [0.5, 0.6) is 11.5 Å². The molecule has 8 nitrogen and oxygen atoms in total. The van der Waals surface area contributed by atoms with Crippen molar-refractivity contribution in [3.63, 3.8) is 0 Å². The van der Waals surface area contributed by atoms with Gasteiger partial charge < -0.3 is 24.3 Å². The number of ether oxygens (including phenoxy) is 4. The second-order valence-corrected chi connectivity index (χ2v) is 6.24. The Morgan fingerprint density at radius 2 is 1.69 bits per heavy atom. The third kappa shape index (κ3) is 4.86. The predicted molar refractivity (Wildman–Crippen MR) is 96.0 cm³/mol. The molecule has 1 aliphatic heterocycles. The zero-order valence-corrected chi connectivity index (χ0v) is 15.8. The fourth-order valence-electron chi connectivity index (χ4n) is 3.07. The van der Waals surface area contributed by atoms with Crippen molar-refractivity contribution in [3.8, 4) is 11.5 Å². The number of benzene rings is 1. The highest BCUT2D eigenvalue weighted by Crippen LogP contribution is 2.33. The summed E-state index contributed by atoms with van der Waals surface area (Å²) in [5, 5.41) is 2.77. The lowest BCUT2D eigenvalue weighted by Crippen LogP contribution is -2.48. The van der Waals surface area contributed by atoms with Crippen molar-refractivity contribution in [2.75, 3.05) is 46.3 Å². The van der Waals surface area contributed by atoms with Crippen molar-refractivity contribution >= 4 is 17.6 Å². The van der Waals surface area contributed by atoms with Gasteiger partial charge in [0.05, 0.1) is 51.3 Å². The van der Waals surface area contributed by atoms with Crippen LogP contribution >= 0.6 is 0 Å². The maximum absolute atomic E-state index is 12.5. The number of nitrogens with zero attached hydrogens (tertiary/aromatic N) is 1. The lowest BCUT2D eigenvalue weighted by Gasteiger charge is -2.34. The fourth-order valence-corrected chi connectivity index (χ4v) is 3.07. The van der Waals surface area contributed by atoms with Gasteiger partial charge in [0.25, 0.3) is 0 Å². The number of esters is 1. The molecule has 26 heavy (non-hydrogen) atoms. The van der Waals surface area contributed by atoms with Crippen LogP contribution in [0, 0.1) is 0 Å². The van der Waals surface area contributed by atoms with Gasteiger partial charge >= 0.3 is 5.97 Å². The molecule has 1 aliphatic rings. The summed E-state index contributed by atoms with van der Waals surface area (Å²) < 4.78 is 20.9. The van der Waals surface area contributed by atoms with Gasteiger partial charge in [-0.15, -0.1) is 0 Å². The largest absolute Gasteiger partial charge is 0.493 e. The molecule has 2 atom stereocenters. The minimum atomic E-state index is -0.574. The van der Waals surface area contributed by atoms with Crippen LogP contribution in [0.1, 0.15) is 24.2 Å². The van der Waals surface area contributed by atoms with Gasteiger partial charge in [-0.3, -0.25) is 9.69 Å². The molecule has 1 heterocycles. The summed E-state index contributed by atoms with van der Waals surface area (Å²) >= 11 is 0. The summed E-state index contributed by atoms with van der Waals surface area (Å²) in [6.45, 7) is 5.50. The van der Waals surface area contributed by atoms with E-state index in [1.54, 1.807) is 6.07 Å². The van der Waals surface area contributed by atoms with Gasteiger partial charge in [0, 0.05) is 25.2 Å². The summed E-state index contributed by atoms with van der Waals surface area (Å²) in [5.41, 5.74) is 0.510. The molecule has 144 valence electrons. The lowest BCUT2D eigenvalue weighted by atomic mass is 10.1. The highest BCUT2D eigenvalue weighted by atomic mass is 16.5. The summed E-state index contributed by atoms with van der Waals surface area (Å²) in [4.78, 5) is 26.6. The molecule has 1 aromatic rings. The van der Waals surface area contributed by atoms with Gasteiger partial charge in [0.2, 0.25) is 5.91 Å². The van der Waals surface area contributed by atoms with Crippen molar-refractivity contribution in [2.45, 2.75) is 26.1 Å². The Kier molecular flexibility index (Phi) is 6.82. The predicted octanol–water partition coefficient (Wildman–Crippen LogP) is 1.54. The maximum atomic E-state index is 12.5. The van der Waals surface area contributed by atoms with E-state index in [9.17, 15) is 9.59 Å². The van der Waals surface area contributed by atoms with E-state index in [0.29, 0.717) is 30.3 Å². The number of rotatable bonds is 6. The standard InChI is InChI=1S/C18H26N2O6/c1-11-8-20(9-12(2)26-11)10-17(21)19-14-7-16(24-4)15(23-3)6-13(14)18(22)25-5/h6-7,11-12H,8-10H2,1-5H3,(H,19,21)/t11-,12-/m0/s1. The molecule has 0 aliphatic carbocycles. The average Bonchev–Trinajstić information content (AvgIpc) is 2.59. The number of nitrogens with one attached hydrogen (secondary N) is 1. The number of amides is 1. The Morgan fingerprint density at radius 3 is 2.23 bits per heavy atom. The van der Waals surface area contributed by atoms with Crippen LogP contribution in [0.3, 0.4) is 0 Å². The molecule has 1 aromatic carbocycles. The number of morpholine rings is 1. The molecule has 0 unspecified atom stereocenters. The molecule has 1 saturated heterocycles. The first-order valence-corrected chi connectivity index (χ1v) is 8.39. The van der Waals surface area contributed by atoms with Crippen LogP contribution in [0.4, 0.5) is 5.69 Å². The van der Waals surface area contributed by atoms with E-state index in [2.05, 4.69) is 5.32 Å². The Hall–Kier alpha value is -2.32. The number of hydrogen-bond acceptors (Lipinski definition) is 7. The van der Waals surface area contributed by atoms with E-state index in [1.807, 2.05) is 18.7 Å². The molecule has 1 N–H and O–H groups in total. The maximum Gasteiger partial charge on any atom is 0.340 e. The van der Waals surface area contributed by atoms with E-state index in [4.69, 9.17) is 18.9 Å². The summed E-state index contributed by atoms with van der Waals surface area (Å²) in [6.07, 6.45) is 0.136. The smallest absolute Gasteiger partial charge is 0.340 e. The minimum absolute atomic E-state index is 0.0678. The van der Waals surface area contributed by atoms with Crippen LogP contribution in [0.2, 0.25) is 0 Å². The lowest BCUT2D eigenvalue weighted by molar-refractivity contribution is -0.121. The first kappa shape index (κ1) is 20.0. The second-order valence-electron chi connectivity index (χ2n) is 6.24. The molecule has 2 rings (SSSR count). The fraction of sp³-hybridized carbons (Fsp3) is 0.556. The third-order valence-corrected chi connectivity index (χ3v) is 4.07. The van der Waals surface area contributed by atoms with Crippen molar-refractivity contribution in [1.82, 2.24) is 4.90 Å². The van der Waals surface area contributed by atoms with E-state index in [1.165, 1.54) is 27.4 Å². The third-order valence-electron chi connectivity index (χ3n) is 4.07. The minimum Gasteiger partial charge on any atom is -0.493 e. The molecule has 0 spiro atoms. The number of hydrogen-bond donors (Lipinski definition) is 1. The van der Waals surface area contributed by atoms with Gasteiger partial charge in [0.15, 0.2) is 11.5 Å². The Balaban J connectivity index is 2.18. The first-order chi connectivity index (χ1) is 12.4. The highest BCUT2D eigenvalue weighted by molar-refractivity contribution is 6.02. The molecule has 1 amide bonds. The van der Waals surface area contributed by atoms with E-state index >= 15 is 0 Å². The van der Waals surface area contributed by atoms with Gasteiger partial charge in [-0.05, 0) is 13.8 Å². The van der Waals surface area contributed by atoms with Gasteiger partial charge in [-0.2, -0.15) is 0 Å². The van der Waals surface area contributed by atoms with Crippen LogP contribution in [0.25, 0.3) is 0 Å². The van der Waals surface area contributed by atoms with Crippen LogP contribution in [-0.4, -0.2) is 69.9 Å². The van der Waals surface area contributed by atoms with Crippen molar-refractivity contribution in [3.05, 3.63) is 17.7 Å². The van der Waals surface area contributed by atoms with Crippen molar-refractivity contribution < 1.29 is 28.5 Å². The van der Waals surface area contributed by atoms with E-state index in [-0.39, 0.29) is 30.2 Å². The molecule has 0 bridgehead atoms. The summed E-state index contributed by atoms with van der Waals surface area (Å²) in [5.74, 6) is -0.0238. The highest BCUT2D eigenvalue weighted by Gasteiger charge is 2.25. The van der Waals surface area contributed by atoms with E-state index in [0.717, 1.165) is 0 Å². The number of carbonyl (C=O) groups is 2. The van der Waals surface area contributed by atoms with E-state index < -0.39 is 5.97 Å². The molecule has 8 heteroatoms. The number of carbonyl (C=O) groups excluding carboxylic acids is 2. The molecule has 0 radical (unpaired) electrons. The molecular formula is C18H26N2O6. The summed E-state index contributed by atoms with van der Waals surface area (Å²) in [7, 11) is 4.23. The van der Waals surface area contributed by atoms with Gasteiger partial charge in [-0.1, -0.05) is 0 Å². The van der Waals surface area contributed by atoms with Crippen LogP contribution in [-0.2, 0) is 14.3 Å². The van der Waals surface area contributed by atoms with Crippen molar-refractivity contribution in [1.29, 1.82) is 0 Å². The van der Waals surface area contributed by atoms with Gasteiger partial charge in [0.1, 0.15) is 0 Å². The molecule has 0 saturated carbocycles. The van der Waals surface area contributed by atoms with Crippen molar-refractivity contribution in [2.24, 2.45) is 0 Å². The molecular weight excluding hydrogens is 340 g/mol. The number of anilines is 1. The zero-order valence-electron chi connectivity index (χ0n) is 15.8. The second kappa shape index (κ2) is 8.86. The molecule has 0 aromatic heterocycles. The summed E-state index contributed by atoms with van der Waals surface area (Å²) in [6, 6.07) is 3.03. The zero-order chi connectivity index (χ0) is 19.3. The Bertz CT molecular complexity index is 653. The SMILES string of the molecule is COC(=O)c1cc(OC)c(OC)cc1NC(=O)CN1C[C@H](C)O[C@@H](C)C1. The normalized spacial score (nSPS) is 20.3. The monoisotopic (exact) mass is 366 g/mol. The average molecular weight is 366 g/mol. The topological polar surface area (TPSA) is 86.3 Å². The van der Waals surface area contributed by atoms with Crippen LogP contribution < -0.4 is 14.8 Å². The van der Waals surface area contributed by atoms with Gasteiger partial charge in [-0.25, -0.2) is 4.79 Å². The Morgan fingerprint density at radius 1 is 1.12 bits per heavy atom. The molecule has 1 fully saturated rings. The quantitative estimate of drug-likeness (QED) is 0.764. The first-order valence-electron chi connectivity index (χ1n) is 8.39. The Labute approximate surface area is 153 Å². The van der Waals surface area contributed by atoms with Crippen LogP contribution in [0.15, 0.2) is 12.1 Å².